The lowest BCUT2D eigenvalue weighted by molar-refractivity contribution is 0.0296. The molecule has 0 spiro atoms. The first kappa shape index (κ1) is 15.8. The van der Waals surface area contributed by atoms with E-state index in [1.807, 2.05) is 12.1 Å². The van der Waals surface area contributed by atoms with Gasteiger partial charge >= 0.3 is 0 Å². The highest BCUT2D eigenvalue weighted by molar-refractivity contribution is 6.31. The molecule has 1 atom stereocenters. The van der Waals surface area contributed by atoms with Gasteiger partial charge in [-0.15, -0.1) is 0 Å². The molecule has 1 heterocycles. The third-order valence-corrected chi connectivity index (χ3v) is 4.77. The third-order valence-electron chi connectivity index (χ3n) is 4.40. The van der Waals surface area contributed by atoms with Crippen molar-refractivity contribution in [1.29, 1.82) is 0 Å². The third kappa shape index (κ3) is 3.55. The van der Waals surface area contributed by atoms with E-state index in [1.54, 1.807) is 0 Å². The molecule has 1 aliphatic rings. The molecule has 1 aliphatic heterocycles. The number of nitrogens with one attached hydrogen (secondary N) is 1. The maximum atomic E-state index is 6.32. The molecule has 1 unspecified atom stereocenters. The Morgan fingerprint density at radius 2 is 1.95 bits per heavy atom. The fourth-order valence-corrected chi connectivity index (χ4v) is 2.90. The predicted octanol–water partition coefficient (Wildman–Crippen LogP) is 3.94. The molecule has 1 N–H and O–H groups in total. The van der Waals surface area contributed by atoms with Crippen LogP contribution >= 0.6 is 11.6 Å². The van der Waals surface area contributed by atoms with Gasteiger partial charge in [-0.25, -0.2) is 0 Å². The molecule has 0 aromatic heterocycles. The van der Waals surface area contributed by atoms with Crippen molar-refractivity contribution in [2.75, 3.05) is 13.1 Å². The van der Waals surface area contributed by atoms with Crippen molar-refractivity contribution in [3.63, 3.8) is 0 Å². The summed E-state index contributed by atoms with van der Waals surface area (Å²) in [5.41, 5.74) is 1.65. The van der Waals surface area contributed by atoms with Gasteiger partial charge in [0.2, 0.25) is 0 Å². The molecular weight excluding hydrogens is 268 g/mol. The Labute approximate surface area is 128 Å². The summed E-state index contributed by atoms with van der Waals surface area (Å²) in [4.78, 5) is 2.56. The largest absolute Gasteiger partial charge is 0.310 e. The topological polar surface area (TPSA) is 15.3 Å². The Morgan fingerprint density at radius 3 is 2.55 bits per heavy atom. The van der Waals surface area contributed by atoms with Crippen LogP contribution in [0.5, 0.6) is 0 Å². The van der Waals surface area contributed by atoms with Crippen LogP contribution in [0.2, 0.25) is 5.02 Å². The standard InChI is InChI=1S/C17H27ClN2/c1-16(2,3)15-11-20(17(4,5)12-19-15)10-13-8-6-7-9-14(13)18/h6-9,15,19H,10-12H2,1-5H3. The monoisotopic (exact) mass is 294 g/mol. The molecule has 1 aromatic rings. The molecule has 3 heteroatoms. The summed E-state index contributed by atoms with van der Waals surface area (Å²) in [7, 11) is 0. The highest BCUT2D eigenvalue weighted by Gasteiger charge is 2.38. The first-order valence-electron chi connectivity index (χ1n) is 7.42. The summed E-state index contributed by atoms with van der Waals surface area (Å²) in [6.45, 7) is 14.5. The quantitative estimate of drug-likeness (QED) is 0.889. The van der Waals surface area contributed by atoms with E-state index in [1.165, 1.54) is 5.56 Å². The van der Waals surface area contributed by atoms with E-state index in [2.05, 4.69) is 57.0 Å². The lowest BCUT2D eigenvalue weighted by Gasteiger charge is -2.49. The fourth-order valence-electron chi connectivity index (χ4n) is 2.71. The zero-order chi connectivity index (χ0) is 15.0. The summed E-state index contributed by atoms with van der Waals surface area (Å²) in [5, 5.41) is 4.57. The van der Waals surface area contributed by atoms with E-state index < -0.39 is 0 Å². The first-order chi connectivity index (χ1) is 9.20. The molecule has 2 nitrogen and oxygen atoms in total. The lowest BCUT2D eigenvalue weighted by atomic mass is 9.82. The van der Waals surface area contributed by atoms with Crippen LogP contribution < -0.4 is 5.32 Å². The normalized spacial score (nSPS) is 23.8. The Bertz CT molecular complexity index is 462. The second-order valence-corrected chi connectivity index (χ2v) is 7.99. The number of piperazine rings is 1. The maximum absolute atomic E-state index is 6.32. The summed E-state index contributed by atoms with van der Waals surface area (Å²) in [6, 6.07) is 8.68. The van der Waals surface area contributed by atoms with Crippen molar-refractivity contribution in [3.8, 4) is 0 Å². The molecule has 112 valence electrons. The minimum Gasteiger partial charge on any atom is -0.310 e. The van der Waals surface area contributed by atoms with Crippen molar-refractivity contribution in [2.45, 2.75) is 52.7 Å². The van der Waals surface area contributed by atoms with Crippen LogP contribution in [-0.2, 0) is 6.54 Å². The van der Waals surface area contributed by atoms with Gasteiger partial charge in [-0.2, -0.15) is 0 Å². The molecule has 0 amide bonds. The number of hydrogen-bond donors (Lipinski definition) is 1. The average Bonchev–Trinajstić information content (AvgIpc) is 2.32. The van der Waals surface area contributed by atoms with Crippen molar-refractivity contribution in [3.05, 3.63) is 34.9 Å². The second kappa shape index (κ2) is 5.67. The van der Waals surface area contributed by atoms with Crippen LogP contribution in [-0.4, -0.2) is 29.6 Å². The number of halogens is 1. The van der Waals surface area contributed by atoms with Crippen LogP contribution in [0.3, 0.4) is 0 Å². The number of hydrogen-bond acceptors (Lipinski definition) is 2. The lowest BCUT2D eigenvalue weighted by Crippen LogP contribution is -2.64. The van der Waals surface area contributed by atoms with Gasteiger partial charge in [-0.05, 0) is 30.9 Å². The van der Waals surface area contributed by atoms with E-state index >= 15 is 0 Å². The Morgan fingerprint density at radius 1 is 1.30 bits per heavy atom. The van der Waals surface area contributed by atoms with Crippen molar-refractivity contribution in [2.24, 2.45) is 5.41 Å². The molecule has 20 heavy (non-hydrogen) atoms. The van der Waals surface area contributed by atoms with E-state index in [0.29, 0.717) is 6.04 Å². The molecule has 0 bridgehead atoms. The average molecular weight is 295 g/mol. The smallest absolute Gasteiger partial charge is 0.0451 e. The van der Waals surface area contributed by atoms with Crippen molar-refractivity contribution in [1.82, 2.24) is 10.2 Å². The summed E-state index contributed by atoms with van der Waals surface area (Å²) >= 11 is 6.32. The highest BCUT2D eigenvalue weighted by atomic mass is 35.5. The Hall–Kier alpha value is -0.570. The second-order valence-electron chi connectivity index (χ2n) is 7.58. The van der Waals surface area contributed by atoms with Crippen molar-refractivity contribution < 1.29 is 0 Å². The van der Waals surface area contributed by atoms with Gasteiger partial charge in [0.1, 0.15) is 0 Å². The van der Waals surface area contributed by atoms with Crippen LogP contribution in [0.1, 0.15) is 40.2 Å². The maximum Gasteiger partial charge on any atom is 0.0451 e. The Kier molecular flexibility index (Phi) is 4.48. The minimum absolute atomic E-state index is 0.154. The fraction of sp³-hybridized carbons (Fsp3) is 0.647. The number of rotatable bonds is 2. The zero-order valence-corrected chi connectivity index (χ0v) is 14.1. The molecule has 1 saturated heterocycles. The minimum atomic E-state index is 0.154. The molecule has 0 radical (unpaired) electrons. The predicted molar refractivity (Wildman–Crippen MR) is 87.2 cm³/mol. The van der Waals surface area contributed by atoms with Gasteiger partial charge in [0.05, 0.1) is 0 Å². The molecular formula is C17H27ClN2. The van der Waals surface area contributed by atoms with E-state index in [9.17, 15) is 0 Å². The Balaban J connectivity index is 2.17. The van der Waals surface area contributed by atoms with Crippen LogP contribution in [0.15, 0.2) is 24.3 Å². The number of nitrogens with zero attached hydrogens (tertiary/aromatic N) is 1. The summed E-state index contributed by atoms with van der Waals surface area (Å²) in [5.74, 6) is 0. The summed E-state index contributed by atoms with van der Waals surface area (Å²) < 4.78 is 0. The molecule has 1 fully saturated rings. The van der Waals surface area contributed by atoms with Gasteiger partial charge < -0.3 is 5.32 Å². The molecule has 0 saturated carbocycles. The summed E-state index contributed by atoms with van der Waals surface area (Å²) in [6.07, 6.45) is 0. The number of benzene rings is 1. The molecule has 1 aromatic carbocycles. The van der Waals surface area contributed by atoms with Crippen LogP contribution in [0, 0.1) is 5.41 Å². The highest BCUT2D eigenvalue weighted by Crippen LogP contribution is 2.29. The van der Waals surface area contributed by atoms with Crippen molar-refractivity contribution >= 4 is 11.6 Å². The SMILES string of the molecule is CC(C)(C)C1CN(Cc2ccccc2Cl)C(C)(C)CN1. The van der Waals surface area contributed by atoms with Gasteiger partial charge in [-0.1, -0.05) is 50.6 Å². The van der Waals surface area contributed by atoms with Gasteiger partial charge in [-0.3, -0.25) is 4.90 Å². The van der Waals surface area contributed by atoms with Crippen LogP contribution in [0.25, 0.3) is 0 Å². The van der Waals surface area contributed by atoms with Crippen LogP contribution in [0.4, 0.5) is 0 Å². The van der Waals surface area contributed by atoms with Gasteiger partial charge in [0.15, 0.2) is 0 Å². The molecule has 2 rings (SSSR count). The van der Waals surface area contributed by atoms with E-state index in [-0.39, 0.29) is 11.0 Å². The van der Waals surface area contributed by atoms with E-state index in [0.717, 1.165) is 24.7 Å². The zero-order valence-electron chi connectivity index (χ0n) is 13.3. The van der Waals surface area contributed by atoms with E-state index in [4.69, 9.17) is 11.6 Å². The van der Waals surface area contributed by atoms with Gasteiger partial charge in [0.25, 0.3) is 0 Å². The molecule has 0 aliphatic carbocycles. The first-order valence-corrected chi connectivity index (χ1v) is 7.80. The van der Waals surface area contributed by atoms with Gasteiger partial charge in [0, 0.05) is 36.2 Å².